The highest BCUT2D eigenvalue weighted by Crippen LogP contribution is 2.28. The summed E-state index contributed by atoms with van der Waals surface area (Å²) in [6.07, 6.45) is 2.84. The summed E-state index contributed by atoms with van der Waals surface area (Å²) >= 11 is 1.39. The maximum absolute atomic E-state index is 13.1. The Labute approximate surface area is 232 Å². The Balaban J connectivity index is 0.000000559. The van der Waals surface area contributed by atoms with Crippen molar-refractivity contribution >= 4 is 44.9 Å². The molecule has 8 nitrogen and oxygen atoms in total. The summed E-state index contributed by atoms with van der Waals surface area (Å²) in [7, 11) is 0. The molecule has 2 aromatic carbocycles. The number of hydrogen-bond donors (Lipinski definition) is 3. The zero-order valence-corrected chi connectivity index (χ0v) is 22.5. The topological polar surface area (TPSA) is 125 Å². The molecule has 1 amide bonds. The first-order valence-corrected chi connectivity index (χ1v) is 13.5. The summed E-state index contributed by atoms with van der Waals surface area (Å²) in [6, 6.07) is 14.5. The molecule has 4 rings (SSSR count). The minimum absolute atomic E-state index is 0.117. The standard InChI is InChI=1S/C26H28N4O2S.C2HF3O2/c1-2-21(31)10-4-3-5-11-22(25(32)30-26-27-14-15-33-26)24-28-17-23(29-24)20-13-12-18-8-6-7-9-19(18)16-20;3-2(4,5)1(6)7/h6-9,12-17,22H,2-5,10-11H2,1H3,(H,28,29)(H,27,30,32);(H,6,7). The van der Waals surface area contributed by atoms with Crippen LogP contribution in [-0.2, 0) is 14.4 Å². The van der Waals surface area contributed by atoms with E-state index in [2.05, 4.69) is 50.6 Å². The fourth-order valence-electron chi connectivity index (χ4n) is 3.91. The molecule has 0 bridgehead atoms. The average Bonchev–Trinajstić information content (AvgIpc) is 3.62. The van der Waals surface area contributed by atoms with Gasteiger partial charge in [0.25, 0.3) is 0 Å². The van der Waals surface area contributed by atoms with Crippen LogP contribution in [0.5, 0.6) is 0 Å². The van der Waals surface area contributed by atoms with Gasteiger partial charge in [0.1, 0.15) is 11.6 Å². The molecule has 0 aliphatic carbocycles. The second-order valence-electron chi connectivity index (χ2n) is 8.92. The number of anilines is 1. The first-order chi connectivity index (χ1) is 19.1. The fourth-order valence-corrected chi connectivity index (χ4v) is 4.44. The lowest BCUT2D eigenvalue weighted by Crippen LogP contribution is -2.22. The van der Waals surface area contributed by atoms with E-state index >= 15 is 0 Å². The molecule has 2 heterocycles. The van der Waals surface area contributed by atoms with Crippen LogP contribution in [0.2, 0.25) is 0 Å². The van der Waals surface area contributed by atoms with E-state index in [0.29, 0.717) is 36.0 Å². The first kappa shape index (κ1) is 30.5. The number of unbranched alkanes of at least 4 members (excludes halogenated alkanes) is 2. The number of fused-ring (bicyclic) bond motifs is 1. The van der Waals surface area contributed by atoms with E-state index in [-0.39, 0.29) is 5.91 Å². The van der Waals surface area contributed by atoms with Crippen molar-refractivity contribution in [3.05, 3.63) is 66.1 Å². The number of alkyl halides is 3. The number of nitrogens with zero attached hydrogens (tertiary/aromatic N) is 2. The number of aromatic nitrogens is 3. The number of thiazole rings is 1. The number of Topliss-reactive ketones (excluding diaryl/α,β-unsaturated/α-hetero) is 1. The van der Waals surface area contributed by atoms with E-state index in [9.17, 15) is 22.8 Å². The van der Waals surface area contributed by atoms with Crippen molar-refractivity contribution in [1.82, 2.24) is 15.0 Å². The largest absolute Gasteiger partial charge is 0.490 e. The van der Waals surface area contributed by atoms with Gasteiger partial charge in [0, 0.05) is 30.0 Å². The predicted octanol–water partition coefficient (Wildman–Crippen LogP) is 6.97. The van der Waals surface area contributed by atoms with Crippen LogP contribution < -0.4 is 5.32 Å². The van der Waals surface area contributed by atoms with E-state index in [1.807, 2.05) is 24.4 Å². The summed E-state index contributed by atoms with van der Waals surface area (Å²) < 4.78 is 31.7. The molecule has 0 radical (unpaired) electrons. The minimum Gasteiger partial charge on any atom is -0.475 e. The smallest absolute Gasteiger partial charge is 0.475 e. The molecule has 3 N–H and O–H groups in total. The first-order valence-electron chi connectivity index (χ1n) is 12.6. The van der Waals surface area contributed by atoms with Crippen LogP contribution >= 0.6 is 11.3 Å². The van der Waals surface area contributed by atoms with Crippen molar-refractivity contribution < 1.29 is 32.7 Å². The molecular weight excluding hydrogens is 545 g/mol. The van der Waals surface area contributed by atoms with Gasteiger partial charge in [0.05, 0.1) is 17.8 Å². The van der Waals surface area contributed by atoms with E-state index < -0.39 is 18.1 Å². The number of imidazole rings is 1. The minimum atomic E-state index is -5.08. The van der Waals surface area contributed by atoms with Crippen LogP contribution in [0.3, 0.4) is 0 Å². The number of aliphatic carboxylic acids is 1. The van der Waals surface area contributed by atoms with Crippen molar-refractivity contribution in [1.29, 1.82) is 0 Å². The Morgan fingerprint density at radius 2 is 1.77 bits per heavy atom. The lowest BCUT2D eigenvalue weighted by molar-refractivity contribution is -0.192. The second kappa shape index (κ2) is 14.4. The Bertz CT molecular complexity index is 1420. The Hall–Kier alpha value is -4.06. The number of carboxylic acid groups (broad SMARTS) is 1. The number of H-pyrrole nitrogens is 1. The third-order valence-corrected chi connectivity index (χ3v) is 6.74. The lowest BCUT2D eigenvalue weighted by Gasteiger charge is -2.14. The molecule has 0 aliphatic heterocycles. The van der Waals surface area contributed by atoms with Crippen molar-refractivity contribution in [3.8, 4) is 11.3 Å². The third kappa shape index (κ3) is 9.01. The van der Waals surface area contributed by atoms with Crippen molar-refractivity contribution in [3.63, 3.8) is 0 Å². The van der Waals surface area contributed by atoms with Gasteiger partial charge in [-0.15, -0.1) is 11.3 Å². The highest BCUT2D eigenvalue weighted by Gasteiger charge is 2.38. The number of rotatable bonds is 11. The summed E-state index contributed by atoms with van der Waals surface area (Å²) in [6.45, 7) is 1.89. The van der Waals surface area contributed by atoms with Crippen molar-refractivity contribution in [2.75, 3.05) is 5.32 Å². The molecular formula is C28H29F3N4O4S. The lowest BCUT2D eigenvalue weighted by atomic mass is 9.98. The molecule has 212 valence electrons. The van der Waals surface area contributed by atoms with E-state index in [1.165, 1.54) is 16.7 Å². The summed E-state index contributed by atoms with van der Waals surface area (Å²) in [5.41, 5.74) is 1.92. The molecule has 0 aliphatic rings. The highest BCUT2D eigenvalue weighted by molar-refractivity contribution is 7.13. The van der Waals surface area contributed by atoms with Crippen LogP contribution in [0.25, 0.3) is 22.0 Å². The number of ketones is 1. The fraction of sp³-hybridized carbons (Fsp3) is 0.321. The maximum Gasteiger partial charge on any atom is 0.490 e. The van der Waals surface area contributed by atoms with Crippen molar-refractivity contribution in [2.24, 2.45) is 0 Å². The van der Waals surface area contributed by atoms with Crippen LogP contribution in [0.15, 0.2) is 60.2 Å². The normalized spacial score (nSPS) is 11.9. The Kier molecular flexibility index (Phi) is 10.9. The Morgan fingerprint density at radius 1 is 1.05 bits per heavy atom. The van der Waals surface area contributed by atoms with Gasteiger partial charge in [-0.1, -0.05) is 56.2 Å². The number of aromatic amines is 1. The third-order valence-electron chi connectivity index (χ3n) is 6.05. The van der Waals surface area contributed by atoms with E-state index in [1.54, 1.807) is 12.4 Å². The summed E-state index contributed by atoms with van der Waals surface area (Å²) in [5.74, 6) is -2.34. The van der Waals surface area contributed by atoms with Crippen molar-refractivity contribution in [2.45, 2.75) is 57.5 Å². The molecule has 1 atom stereocenters. The predicted molar refractivity (Wildman–Crippen MR) is 147 cm³/mol. The van der Waals surface area contributed by atoms with Crippen LogP contribution in [0.4, 0.5) is 18.3 Å². The quantitative estimate of drug-likeness (QED) is 0.166. The average molecular weight is 575 g/mol. The van der Waals surface area contributed by atoms with Gasteiger partial charge in [-0.05, 0) is 29.7 Å². The molecule has 0 saturated carbocycles. The zero-order chi connectivity index (χ0) is 29.1. The number of carbonyl (C=O) groups is 3. The molecule has 1 unspecified atom stereocenters. The van der Waals surface area contributed by atoms with E-state index in [4.69, 9.17) is 9.90 Å². The monoisotopic (exact) mass is 574 g/mol. The SMILES string of the molecule is CCC(=O)CCCCCC(C(=O)Nc1nccs1)c1ncc(-c2ccc3ccccc3c2)[nH]1.O=C(O)C(F)(F)F. The van der Waals surface area contributed by atoms with Crippen LogP contribution in [0, 0.1) is 0 Å². The van der Waals surface area contributed by atoms with Crippen LogP contribution in [-0.4, -0.2) is 43.9 Å². The molecule has 0 saturated heterocycles. The van der Waals surface area contributed by atoms with Gasteiger partial charge in [-0.2, -0.15) is 13.2 Å². The number of carboxylic acids is 1. The zero-order valence-electron chi connectivity index (χ0n) is 21.7. The number of amides is 1. The molecule has 2 aromatic heterocycles. The number of nitrogens with one attached hydrogen (secondary N) is 2. The molecule has 0 spiro atoms. The highest BCUT2D eigenvalue weighted by atomic mass is 32.1. The van der Waals surface area contributed by atoms with Gasteiger partial charge in [0.2, 0.25) is 5.91 Å². The van der Waals surface area contributed by atoms with Gasteiger partial charge in [0.15, 0.2) is 5.13 Å². The second-order valence-corrected chi connectivity index (χ2v) is 9.81. The molecule has 0 fully saturated rings. The maximum atomic E-state index is 13.1. The number of hydrogen-bond acceptors (Lipinski definition) is 6. The van der Waals surface area contributed by atoms with E-state index in [0.717, 1.165) is 35.9 Å². The van der Waals surface area contributed by atoms with Gasteiger partial charge in [-0.25, -0.2) is 14.8 Å². The number of carbonyl (C=O) groups excluding carboxylic acids is 2. The number of halogens is 3. The molecule has 4 aromatic rings. The summed E-state index contributed by atoms with van der Waals surface area (Å²) in [4.78, 5) is 45.7. The summed E-state index contributed by atoms with van der Waals surface area (Å²) in [5, 5.41) is 14.8. The number of benzene rings is 2. The van der Waals surface area contributed by atoms with Gasteiger partial charge < -0.3 is 15.4 Å². The van der Waals surface area contributed by atoms with Crippen LogP contribution in [0.1, 0.15) is 57.2 Å². The molecule has 12 heteroatoms. The molecule has 40 heavy (non-hydrogen) atoms. The van der Waals surface area contributed by atoms with Gasteiger partial charge in [-0.3, -0.25) is 9.59 Å². The van der Waals surface area contributed by atoms with Gasteiger partial charge >= 0.3 is 12.1 Å². The Morgan fingerprint density at radius 3 is 2.42 bits per heavy atom.